The van der Waals surface area contributed by atoms with E-state index in [1.54, 1.807) is 0 Å². The number of nitrogens with zero attached hydrogens (tertiary/aromatic N) is 3. The fourth-order valence-electron chi connectivity index (χ4n) is 2.84. The van der Waals surface area contributed by atoms with Gasteiger partial charge < -0.3 is 10.2 Å². The molecular weight excluding hydrogens is 248 g/mol. The molecule has 0 unspecified atom stereocenters. The maximum Gasteiger partial charge on any atom is 0.0599 e. The van der Waals surface area contributed by atoms with Gasteiger partial charge in [-0.1, -0.05) is 0 Å². The molecule has 2 aliphatic rings. The Labute approximate surface area is 122 Å². The van der Waals surface area contributed by atoms with E-state index in [0.717, 1.165) is 32.2 Å². The Hall–Kier alpha value is -1.13. The predicted molar refractivity (Wildman–Crippen MR) is 83.0 cm³/mol. The lowest BCUT2D eigenvalue weighted by molar-refractivity contribution is 0.138. The van der Waals surface area contributed by atoms with Gasteiger partial charge in [0.15, 0.2) is 0 Å². The van der Waals surface area contributed by atoms with E-state index in [0.29, 0.717) is 0 Å². The van der Waals surface area contributed by atoms with Crippen LogP contribution < -0.4 is 10.2 Å². The molecule has 1 aliphatic heterocycles. The van der Waals surface area contributed by atoms with Crippen LogP contribution in [0.25, 0.3) is 0 Å². The highest BCUT2D eigenvalue weighted by molar-refractivity contribution is 5.52. The third kappa shape index (κ3) is 2.96. The van der Waals surface area contributed by atoms with E-state index in [4.69, 9.17) is 0 Å². The molecule has 2 heterocycles. The molecule has 1 N–H and O–H groups in total. The van der Waals surface area contributed by atoms with Crippen molar-refractivity contribution in [1.82, 2.24) is 15.2 Å². The van der Waals surface area contributed by atoms with Crippen LogP contribution in [-0.2, 0) is 6.54 Å². The first kappa shape index (κ1) is 13.8. The van der Waals surface area contributed by atoms with Crippen LogP contribution in [0.15, 0.2) is 18.5 Å². The van der Waals surface area contributed by atoms with Gasteiger partial charge in [0.2, 0.25) is 0 Å². The first-order chi connectivity index (χ1) is 9.56. The summed E-state index contributed by atoms with van der Waals surface area (Å²) in [6.45, 7) is 8.86. The number of nitrogens with one attached hydrogen (secondary N) is 1. The van der Waals surface area contributed by atoms with Gasteiger partial charge in [0.1, 0.15) is 0 Å². The van der Waals surface area contributed by atoms with E-state index < -0.39 is 0 Å². The molecule has 0 amide bonds. The molecule has 0 atom stereocenters. The molecule has 0 aromatic carbocycles. The van der Waals surface area contributed by atoms with Crippen LogP contribution >= 0.6 is 0 Å². The molecule has 110 valence electrons. The van der Waals surface area contributed by atoms with Crippen molar-refractivity contribution >= 4 is 5.69 Å². The highest BCUT2D eigenvalue weighted by Crippen LogP contribution is 2.27. The van der Waals surface area contributed by atoms with Crippen molar-refractivity contribution in [3.8, 4) is 0 Å². The average molecular weight is 274 g/mol. The Morgan fingerprint density at radius 1 is 1.35 bits per heavy atom. The van der Waals surface area contributed by atoms with E-state index >= 15 is 0 Å². The molecule has 3 rings (SSSR count). The molecule has 0 bridgehead atoms. The van der Waals surface area contributed by atoms with E-state index in [2.05, 4.69) is 47.1 Å². The second-order valence-corrected chi connectivity index (χ2v) is 6.82. The molecule has 20 heavy (non-hydrogen) atoms. The van der Waals surface area contributed by atoms with Crippen molar-refractivity contribution in [3.05, 3.63) is 24.0 Å². The van der Waals surface area contributed by atoms with Gasteiger partial charge >= 0.3 is 0 Å². The summed E-state index contributed by atoms with van der Waals surface area (Å²) in [6, 6.07) is 2.91. The van der Waals surface area contributed by atoms with Crippen LogP contribution in [0.4, 0.5) is 5.69 Å². The number of hydrogen-bond acceptors (Lipinski definition) is 4. The van der Waals surface area contributed by atoms with Crippen LogP contribution in [0.5, 0.6) is 0 Å². The third-order valence-electron chi connectivity index (χ3n) is 4.70. The maximum absolute atomic E-state index is 4.35. The van der Waals surface area contributed by atoms with Gasteiger partial charge in [0.25, 0.3) is 0 Å². The summed E-state index contributed by atoms with van der Waals surface area (Å²) in [6.07, 6.45) is 6.61. The molecule has 0 spiro atoms. The average Bonchev–Trinajstić information content (AvgIpc) is 3.24. The van der Waals surface area contributed by atoms with Gasteiger partial charge in [-0.3, -0.25) is 9.88 Å². The highest BCUT2D eigenvalue weighted by Gasteiger charge is 2.32. The summed E-state index contributed by atoms with van der Waals surface area (Å²) in [5.74, 6) is 0. The summed E-state index contributed by atoms with van der Waals surface area (Å²) < 4.78 is 0. The summed E-state index contributed by atoms with van der Waals surface area (Å²) >= 11 is 0. The zero-order valence-electron chi connectivity index (χ0n) is 12.9. The summed E-state index contributed by atoms with van der Waals surface area (Å²) in [5.41, 5.74) is 2.91. The molecule has 2 fully saturated rings. The molecule has 1 aromatic rings. The van der Waals surface area contributed by atoms with Gasteiger partial charge in [-0.15, -0.1) is 0 Å². The zero-order chi connectivity index (χ0) is 14.2. The molecule has 1 saturated carbocycles. The number of aromatic nitrogens is 1. The van der Waals surface area contributed by atoms with Crippen LogP contribution in [-0.4, -0.2) is 48.1 Å². The fraction of sp³-hybridized carbons (Fsp3) is 0.688. The molecular formula is C16H26N4. The molecule has 4 heteroatoms. The third-order valence-corrected chi connectivity index (χ3v) is 4.70. The lowest BCUT2D eigenvalue weighted by atomic mass is 9.99. The normalized spacial score (nSPS) is 23.1. The maximum atomic E-state index is 4.35. The highest BCUT2D eigenvalue weighted by atomic mass is 15.3. The summed E-state index contributed by atoms with van der Waals surface area (Å²) in [5, 5.41) is 3.62. The quantitative estimate of drug-likeness (QED) is 0.908. The summed E-state index contributed by atoms with van der Waals surface area (Å²) in [4.78, 5) is 9.29. The molecule has 0 radical (unpaired) electrons. The standard InChI is InChI=1S/C16H26N4/c1-16(2)12-20(9-8-19(16)3)15-11-17-7-6-13(15)10-18-14-4-5-14/h6-7,11,14,18H,4-5,8-10,12H2,1-3H3. The van der Waals surface area contributed by atoms with E-state index in [1.165, 1.54) is 24.1 Å². The number of hydrogen-bond donors (Lipinski definition) is 1. The van der Waals surface area contributed by atoms with Crippen molar-refractivity contribution in [1.29, 1.82) is 0 Å². The molecule has 1 aromatic heterocycles. The lowest BCUT2D eigenvalue weighted by Crippen LogP contribution is -2.57. The van der Waals surface area contributed by atoms with Crippen molar-refractivity contribution in [2.75, 3.05) is 31.6 Å². The monoisotopic (exact) mass is 274 g/mol. The topological polar surface area (TPSA) is 31.4 Å². The van der Waals surface area contributed by atoms with Crippen molar-refractivity contribution in [2.45, 2.75) is 44.8 Å². The van der Waals surface area contributed by atoms with Gasteiger partial charge in [0, 0.05) is 44.0 Å². The van der Waals surface area contributed by atoms with Gasteiger partial charge in [-0.25, -0.2) is 0 Å². The van der Waals surface area contributed by atoms with Crippen molar-refractivity contribution in [2.24, 2.45) is 0 Å². The minimum atomic E-state index is 0.218. The Balaban J connectivity index is 1.75. The Bertz CT molecular complexity index is 467. The first-order valence-electron chi connectivity index (χ1n) is 7.69. The van der Waals surface area contributed by atoms with Crippen molar-refractivity contribution in [3.63, 3.8) is 0 Å². The molecule has 1 saturated heterocycles. The second kappa shape index (κ2) is 5.34. The van der Waals surface area contributed by atoms with Gasteiger partial charge in [-0.05, 0) is 45.4 Å². The Morgan fingerprint density at radius 3 is 2.85 bits per heavy atom. The van der Waals surface area contributed by atoms with Crippen molar-refractivity contribution < 1.29 is 0 Å². The second-order valence-electron chi connectivity index (χ2n) is 6.82. The summed E-state index contributed by atoms with van der Waals surface area (Å²) in [7, 11) is 2.22. The van der Waals surface area contributed by atoms with Crippen LogP contribution in [0.2, 0.25) is 0 Å². The number of likely N-dealkylation sites (N-methyl/N-ethyl adjacent to an activating group) is 1. The van der Waals surface area contributed by atoms with E-state index in [1.807, 2.05) is 12.4 Å². The fourth-order valence-corrected chi connectivity index (χ4v) is 2.84. The zero-order valence-corrected chi connectivity index (χ0v) is 12.9. The van der Waals surface area contributed by atoms with Crippen LogP contribution in [0, 0.1) is 0 Å². The number of pyridine rings is 1. The number of rotatable bonds is 4. The SMILES string of the molecule is CN1CCN(c2cnccc2CNC2CC2)CC1(C)C. The minimum absolute atomic E-state index is 0.218. The molecule has 1 aliphatic carbocycles. The van der Waals surface area contributed by atoms with Gasteiger partial charge in [-0.2, -0.15) is 0 Å². The molecule has 4 nitrogen and oxygen atoms in total. The minimum Gasteiger partial charge on any atom is -0.367 e. The Kier molecular flexibility index (Phi) is 3.69. The smallest absolute Gasteiger partial charge is 0.0599 e. The van der Waals surface area contributed by atoms with Crippen LogP contribution in [0.1, 0.15) is 32.3 Å². The first-order valence-corrected chi connectivity index (χ1v) is 7.69. The number of piperazine rings is 1. The van der Waals surface area contributed by atoms with E-state index in [-0.39, 0.29) is 5.54 Å². The predicted octanol–water partition coefficient (Wildman–Crippen LogP) is 1.86. The Morgan fingerprint density at radius 2 is 2.15 bits per heavy atom. The van der Waals surface area contributed by atoms with Gasteiger partial charge in [0.05, 0.1) is 11.9 Å². The number of anilines is 1. The largest absolute Gasteiger partial charge is 0.367 e. The lowest BCUT2D eigenvalue weighted by Gasteiger charge is -2.46. The van der Waals surface area contributed by atoms with E-state index in [9.17, 15) is 0 Å². The van der Waals surface area contributed by atoms with Crippen LogP contribution in [0.3, 0.4) is 0 Å².